The zero-order valence-electron chi connectivity index (χ0n) is 11.6. The molecule has 6 nitrogen and oxygen atoms in total. The van der Waals surface area contributed by atoms with Crippen LogP contribution >= 0.6 is 0 Å². The molecule has 21 heavy (non-hydrogen) atoms. The summed E-state index contributed by atoms with van der Waals surface area (Å²) in [5, 5.41) is 12.0. The molecule has 0 atom stereocenters. The van der Waals surface area contributed by atoms with Crippen molar-refractivity contribution in [3.05, 3.63) is 76.0 Å². The Balaban J connectivity index is 2.25. The topological polar surface area (TPSA) is 98.4 Å². The molecule has 2 aromatic rings. The number of rotatable bonds is 4. The number of anilines is 1. The van der Waals surface area contributed by atoms with Crippen LogP contribution in [0, 0.1) is 17.0 Å². The van der Waals surface area contributed by atoms with Gasteiger partial charge in [-0.3, -0.25) is 15.1 Å². The summed E-state index contributed by atoms with van der Waals surface area (Å²) in [6, 6.07) is 13.7. The van der Waals surface area contributed by atoms with Gasteiger partial charge in [-0.15, -0.1) is 0 Å². The molecular weight excluding hydrogens is 268 g/mol. The molecule has 0 aliphatic rings. The van der Waals surface area contributed by atoms with Crippen LogP contribution in [0.4, 0.5) is 11.4 Å². The van der Waals surface area contributed by atoms with Crippen molar-refractivity contribution in [3.8, 4) is 0 Å². The van der Waals surface area contributed by atoms with Gasteiger partial charge in [-0.2, -0.15) is 0 Å². The Morgan fingerprint density at radius 1 is 1.24 bits per heavy atom. The van der Waals surface area contributed by atoms with Crippen LogP contribution in [0.25, 0.3) is 5.70 Å². The molecule has 0 radical (unpaired) electrons. The lowest BCUT2D eigenvalue weighted by Gasteiger charge is -2.15. The van der Waals surface area contributed by atoms with Gasteiger partial charge < -0.3 is 5.73 Å². The fourth-order valence-electron chi connectivity index (χ4n) is 1.81. The molecule has 0 heterocycles. The molecule has 0 bridgehead atoms. The molecule has 0 aromatic heterocycles. The highest BCUT2D eigenvalue weighted by Gasteiger charge is 2.08. The first kappa shape index (κ1) is 14.5. The first-order valence-electron chi connectivity index (χ1n) is 6.30. The zero-order valence-corrected chi connectivity index (χ0v) is 11.6. The summed E-state index contributed by atoms with van der Waals surface area (Å²) in [6.45, 7) is 1.99. The molecule has 0 aliphatic heterocycles. The Hall–Kier alpha value is -2.86. The molecule has 0 saturated carbocycles. The van der Waals surface area contributed by atoms with Crippen LogP contribution in [0.2, 0.25) is 0 Å². The number of nitrogens with zero attached hydrogens (tertiary/aromatic N) is 2. The number of nitro benzene ring substituents is 1. The van der Waals surface area contributed by atoms with Crippen LogP contribution in [0.5, 0.6) is 0 Å². The van der Waals surface area contributed by atoms with Crippen molar-refractivity contribution in [2.75, 3.05) is 5.01 Å². The second-order valence-corrected chi connectivity index (χ2v) is 4.63. The maximum Gasteiger partial charge on any atom is 0.271 e. The molecule has 4 N–H and O–H groups in total. The van der Waals surface area contributed by atoms with Crippen LogP contribution in [0.3, 0.4) is 0 Å². The van der Waals surface area contributed by atoms with E-state index in [0.717, 1.165) is 11.1 Å². The summed E-state index contributed by atoms with van der Waals surface area (Å²) in [5.74, 6) is 5.89. The van der Waals surface area contributed by atoms with Gasteiger partial charge in [-0.25, -0.2) is 5.84 Å². The Morgan fingerprint density at radius 3 is 2.52 bits per heavy atom. The van der Waals surface area contributed by atoms with Crippen LogP contribution in [0.15, 0.2) is 54.7 Å². The minimum absolute atomic E-state index is 0.0229. The summed E-state index contributed by atoms with van der Waals surface area (Å²) in [4.78, 5) is 10.3. The number of hydrogen-bond donors (Lipinski definition) is 2. The predicted molar refractivity (Wildman–Crippen MR) is 83.1 cm³/mol. The normalized spacial score (nSPS) is 11.2. The van der Waals surface area contributed by atoms with Gasteiger partial charge in [0.25, 0.3) is 5.69 Å². The number of hydrogen-bond acceptors (Lipinski definition) is 5. The fourth-order valence-corrected chi connectivity index (χ4v) is 1.81. The standard InChI is InChI=1S/C15H16N4O2/c1-11-5-7-12(8-6-11)15(16)10-18(17)13-3-2-4-14(9-13)19(20)21/h2-10H,16-17H2,1H3/b15-10-. The van der Waals surface area contributed by atoms with E-state index in [4.69, 9.17) is 11.6 Å². The third kappa shape index (κ3) is 3.58. The molecule has 2 aromatic carbocycles. The summed E-state index contributed by atoms with van der Waals surface area (Å²) >= 11 is 0. The fraction of sp³-hybridized carbons (Fsp3) is 0.0667. The largest absolute Gasteiger partial charge is 0.397 e. The number of hydrazine groups is 1. The van der Waals surface area contributed by atoms with Crippen LogP contribution in [0.1, 0.15) is 11.1 Å². The first-order chi connectivity index (χ1) is 9.97. The van der Waals surface area contributed by atoms with Gasteiger partial charge in [0.15, 0.2) is 0 Å². The molecule has 0 unspecified atom stereocenters. The van der Waals surface area contributed by atoms with Gasteiger partial charge in [0.1, 0.15) is 0 Å². The average Bonchev–Trinajstić information content (AvgIpc) is 2.48. The van der Waals surface area contributed by atoms with Crippen molar-refractivity contribution in [1.29, 1.82) is 0 Å². The van der Waals surface area contributed by atoms with Crippen LogP contribution in [-0.4, -0.2) is 4.92 Å². The smallest absolute Gasteiger partial charge is 0.271 e. The van der Waals surface area contributed by atoms with E-state index in [-0.39, 0.29) is 5.69 Å². The zero-order chi connectivity index (χ0) is 15.4. The maximum absolute atomic E-state index is 10.8. The predicted octanol–water partition coefficient (Wildman–Crippen LogP) is 2.54. The molecule has 6 heteroatoms. The van der Waals surface area contributed by atoms with Gasteiger partial charge in [0.05, 0.1) is 16.3 Å². The summed E-state index contributed by atoms with van der Waals surface area (Å²) < 4.78 is 0. The minimum Gasteiger partial charge on any atom is -0.397 e. The van der Waals surface area contributed by atoms with E-state index in [9.17, 15) is 10.1 Å². The molecule has 0 amide bonds. The Kier molecular flexibility index (Phi) is 4.20. The molecule has 0 fully saturated rings. The van der Waals surface area contributed by atoms with Crippen LogP contribution in [-0.2, 0) is 0 Å². The van der Waals surface area contributed by atoms with Crippen molar-refractivity contribution in [1.82, 2.24) is 0 Å². The number of aryl methyl sites for hydroxylation is 1. The molecule has 0 aliphatic carbocycles. The molecule has 0 spiro atoms. The van der Waals surface area contributed by atoms with Gasteiger partial charge in [0.2, 0.25) is 0 Å². The second kappa shape index (κ2) is 6.06. The van der Waals surface area contributed by atoms with E-state index in [1.165, 1.54) is 23.3 Å². The molecule has 0 saturated heterocycles. The molecular formula is C15H16N4O2. The summed E-state index contributed by atoms with van der Waals surface area (Å²) in [7, 11) is 0. The summed E-state index contributed by atoms with van der Waals surface area (Å²) in [5.41, 5.74) is 8.89. The van der Waals surface area contributed by atoms with E-state index in [0.29, 0.717) is 11.4 Å². The minimum atomic E-state index is -0.468. The number of benzene rings is 2. The van der Waals surface area contributed by atoms with Crippen molar-refractivity contribution in [3.63, 3.8) is 0 Å². The van der Waals surface area contributed by atoms with E-state index in [1.54, 1.807) is 12.1 Å². The third-order valence-electron chi connectivity index (χ3n) is 3.00. The SMILES string of the molecule is Cc1ccc(/C(N)=C/N(N)c2cccc([N+](=O)[O-])c2)cc1. The van der Waals surface area contributed by atoms with E-state index >= 15 is 0 Å². The number of nitrogens with two attached hydrogens (primary N) is 2. The number of non-ortho nitro benzene ring substituents is 1. The Bertz CT molecular complexity index is 680. The lowest BCUT2D eigenvalue weighted by atomic mass is 10.1. The van der Waals surface area contributed by atoms with Crippen molar-refractivity contribution in [2.45, 2.75) is 6.92 Å². The van der Waals surface area contributed by atoms with Crippen molar-refractivity contribution < 1.29 is 4.92 Å². The van der Waals surface area contributed by atoms with Crippen LogP contribution < -0.4 is 16.6 Å². The average molecular weight is 284 g/mol. The van der Waals surface area contributed by atoms with Gasteiger partial charge in [-0.1, -0.05) is 35.9 Å². The summed E-state index contributed by atoms with van der Waals surface area (Å²) in [6.07, 6.45) is 1.53. The first-order valence-corrected chi connectivity index (χ1v) is 6.30. The Morgan fingerprint density at radius 2 is 1.90 bits per heavy atom. The highest BCUT2D eigenvalue weighted by molar-refractivity contribution is 5.67. The second-order valence-electron chi connectivity index (χ2n) is 4.63. The monoisotopic (exact) mass is 284 g/mol. The highest BCUT2D eigenvalue weighted by Crippen LogP contribution is 2.20. The van der Waals surface area contributed by atoms with Crippen molar-refractivity contribution in [2.24, 2.45) is 11.6 Å². The quantitative estimate of drug-likeness (QED) is 0.510. The van der Waals surface area contributed by atoms with Gasteiger partial charge >= 0.3 is 0 Å². The van der Waals surface area contributed by atoms with E-state index in [2.05, 4.69) is 0 Å². The lowest BCUT2D eigenvalue weighted by Crippen LogP contribution is -2.25. The van der Waals surface area contributed by atoms with Gasteiger partial charge in [0, 0.05) is 18.3 Å². The maximum atomic E-state index is 10.8. The lowest BCUT2D eigenvalue weighted by molar-refractivity contribution is -0.384. The number of nitro groups is 1. The molecule has 108 valence electrons. The van der Waals surface area contributed by atoms with Crippen molar-refractivity contribution >= 4 is 17.1 Å². The molecule has 2 rings (SSSR count). The van der Waals surface area contributed by atoms with E-state index < -0.39 is 4.92 Å². The Labute approximate surface area is 122 Å². The highest BCUT2D eigenvalue weighted by atomic mass is 16.6. The van der Waals surface area contributed by atoms with Gasteiger partial charge in [-0.05, 0) is 18.6 Å². The third-order valence-corrected chi connectivity index (χ3v) is 3.00. The van der Waals surface area contributed by atoms with E-state index in [1.807, 2.05) is 31.2 Å².